The van der Waals surface area contributed by atoms with Crippen molar-refractivity contribution in [2.75, 3.05) is 11.2 Å². The van der Waals surface area contributed by atoms with Crippen LogP contribution in [-0.2, 0) is 4.57 Å². The van der Waals surface area contributed by atoms with Gasteiger partial charge in [-0.1, -0.05) is 0 Å². The molecule has 0 aromatic carbocycles. The van der Waals surface area contributed by atoms with Gasteiger partial charge in [-0.2, -0.15) is 0 Å². The second-order valence-electron chi connectivity index (χ2n) is 3.49. The summed E-state index contributed by atoms with van der Waals surface area (Å²) < 4.78 is 11.6. The van der Waals surface area contributed by atoms with E-state index in [0.717, 1.165) is 0 Å². The number of alkyl halides is 2. The average Bonchev–Trinajstić information content (AvgIpc) is 1.84. The van der Waals surface area contributed by atoms with Gasteiger partial charge < -0.3 is 4.57 Å². The van der Waals surface area contributed by atoms with Crippen LogP contribution in [0.25, 0.3) is 0 Å². The van der Waals surface area contributed by atoms with E-state index in [-0.39, 0.29) is 16.8 Å². The van der Waals surface area contributed by atoms with Crippen LogP contribution < -0.4 is 5.09 Å². The summed E-state index contributed by atoms with van der Waals surface area (Å²) in [5.74, 6) is 0. The van der Waals surface area contributed by atoms with Crippen molar-refractivity contribution in [2.24, 2.45) is 0 Å². The molecule has 0 aliphatic heterocycles. The molecule has 0 amide bonds. The molecule has 0 aromatic heterocycles. The van der Waals surface area contributed by atoms with Crippen molar-refractivity contribution in [1.82, 2.24) is 5.09 Å². The minimum atomic E-state index is -2.52. The van der Waals surface area contributed by atoms with Crippen LogP contribution in [0.3, 0.4) is 0 Å². The van der Waals surface area contributed by atoms with Crippen LogP contribution >= 0.6 is 30.5 Å². The van der Waals surface area contributed by atoms with Crippen LogP contribution in [0.15, 0.2) is 0 Å². The molecule has 0 saturated heterocycles. The van der Waals surface area contributed by atoms with Crippen LogP contribution in [0, 0.1) is 0 Å². The number of rotatable bonds is 3. The molecule has 0 bridgehead atoms. The lowest BCUT2D eigenvalue weighted by Gasteiger charge is -2.25. The van der Waals surface area contributed by atoms with Crippen molar-refractivity contribution in [2.45, 2.75) is 26.3 Å². The highest BCUT2D eigenvalue weighted by Gasteiger charge is 2.25. The molecule has 0 rings (SSSR count). The molecule has 5 heteroatoms. The van der Waals surface area contributed by atoms with E-state index in [0.29, 0.717) is 0 Å². The molecule has 2 nitrogen and oxygen atoms in total. The molecule has 0 atom stereocenters. The fourth-order valence-electron chi connectivity index (χ4n) is 0.703. The maximum absolute atomic E-state index is 11.6. The molecule has 0 aliphatic carbocycles. The molecule has 11 heavy (non-hydrogen) atoms. The number of halogens is 2. The third-order valence-electron chi connectivity index (χ3n) is 0.925. The largest absolute Gasteiger partial charge is 0.304 e. The summed E-state index contributed by atoms with van der Waals surface area (Å²) in [6, 6.07) is 0. The Balaban J connectivity index is 4.21. The van der Waals surface area contributed by atoms with Crippen molar-refractivity contribution in [1.29, 1.82) is 0 Å². The zero-order valence-corrected chi connectivity index (χ0v) is 9.43. The third-order valence-corrected chi connectivity index (χ3v) is 5.09. The van der Waals surface area contributed by atoms with Gasteiger partial charge in [-0.3, -0.25) is 5.09 Å². The van der Waals surface area contributed by atoms with E-state index in [4.69, 9.17) is 23.2 Å². The van der Waals surface area contributed by atoms with Crippen LogP contribution in [-0.4, -0.2) is 16.8 Å². The standard InChI is InChI=1S/C6H14Cl2NOP/c1-6(2,3)9-11(10,4-7)5-8/h4-5H2,1-3H3,(H,9,10). The number of nitrogens with one attached hydrogen (secondary N) is 1. The van der Waals surface area contributed by atoms with Crippen molar-refractivity contribution < 1.29 is 4.57 Å². The topological polar surface area (TPSA) is 29.1 Å². The molecular formula is C6H14Cl2NOP. The Hall–Kier alpha value is 0.770. The van der Waals surface area contributed by atoms with E-state index in [1.807, 2.05) is 20.8 Å². The lowest BCUT2D eigenvalue weighted by atomic mass is 10.1. The Bertz CT molecular complexity index is 158. The smallest absolute Gasteiger partial charge is 0.176 e. The summed E-state index contributed by atoms with van der Waals surface area (Å²) in [6.07, 6.45) is 0. The van der Waals surface area contributed by atoms with E-state index in [1.165, 1.54) is 0 Å². The second kappa shape index (κ2) is 4.13. The average molecular weight is 218 g/mol. The predicted octanol–water partition coefficient (Wildman–Crippen LogP) is 3.05. The van der Waals surface area contributed by atoms with Crippen LogP contribution in [0.4, 0.5) is 0 Å². The Morgan fingerprint density at radius 1 is 1.27 bits per heavy atom. The molecule has 68 valence electrons. The van der Waals surface area contributed by atoms with Gasteiger partial charge in [0, 0.05) is 5.54 Å². The van der Waals surface area contributed by atoms with Gasteiger partial charge in [-0.15, -0.1) is 23.2 Å². The normalized spacial score (nSPS) is 13.5. The minimum Gasteiger partial charge on any atom is -0.304 e. The van der Waals surface area contributed by atoms with E-state index < -0.39 is 7.29 Å². The SMILES string of the molecule is CC(C)(C)NP(=O)(CCl)CCl. The highest BCUT2D eigenvalue weighted by atomic mass is 35.5. The molecule has 0 heterocycles. The first kappa shape index (κ1) is 11.8. The summed E-state index contributed by atoms with van der Waals surface area (Å²) in [5, 5.41) is 2.92. The molecule has 0 unspecified atom stereocenters. The van der Waals surface area contributed by atoms with E-state index >= 15 is 0 Å². The molecule has 1 N–H and O–H groups in total. The minimum absolute atomic E-state index is 0.0910. The molecule has 0 spiro atoms. The Morgan fingerprint density at radius 3 is 1.73 bits per heavy atom. The summed E-state index contributed by atoms with van der Waals surface area (Å²) >= 11 is 11.0. The fourth-order valence-corrected chi connectivity index (χ4v) is 3.23. The Morgan fingerprint density at radius 2 is 1.64 bits per heavy atom. The lowest BCUT2D eigenvalue weighted by Crippen LogP contribution is -2.33. The van der Waals surface area contributed by atoms with Crippen molar-refractivity contribution in [3.05, 3.63) is 0 Å². The highest BCUT2D eigenvalue weighted by Crippen LogP contribution is 2.44. The lowest BCUT2D eigenvalue weighted by molar-refractivity contribution is 0.494. The molecular weight excluding hydrogens is 204 g/mol. The zero-order valence-electron chi connectivity index (χ0n) is 7.03. The molecule has 0 radical (unpaired) electrons. The predicted molar refractivity (Wildman–Crippen MR) is 51.9 cm³/mol. The maximum atomic E-state index is 11.6. The maximum Gasteiger partial charge on any atom is 0.176 e. The van der Waals surface area contributed by atoms with Gasteiger partial charge in [0.25, 0.3) is 0 Å². The summed E-state index contributed by atoms with van der Waals surface area (Å²) in [7, 11) is -2.52. The van der Waals surface area contributed by atoms with Crippen molar-refractivity contribution in [3.63, 3.8) is 0 Å². The van der Waals surface area contributed by atoms with Gasteiger partial charge in [0.05, 0.1) is 11.2 Å². The summed E-state index contributed by atoms with van der Waals surface area (Å²) in [4.78, 5) is 0. The fraction of sp³-hybridized carbons (Fsp3) is 1.00. The van der Waals surface area contributed by atoms with E-state index in [2.05, 4.69) is 5.09 Å². The van der Waals surface area contributed by atoms with Crippen LogP contribution in [0.5, 0.6) is 0 Å². The Labute approximate surface area is 78.1 Å². The molecule has 0 fully saturated rings. The first-order valence-electron chi connectivity index (χ1n) is 3.32. The van der Waals surface area contributed by atoms with Crippen molar-refractivity contribution >= 4 is 30.5 Å². The first-order valence-corrected chi connectivity index (χ1v) is 6.47. The van der Waals surface area contributed by atoms with E-state index in [1.54, 1.807) is 0 Å². The molecule has 0 aliphatic rings. The van der Waals surface area contributed by atoms with Crippen molar-refractivity contribution in [3.8, 4) is 0 Å². The summed E-state index contributed by atoms with van der Waals surface area (Å²) in [5.41, 5.74) is -0.0130. The first-order chi connectivity index (χ1) is 4.83. The van der Waals surface area contributed by atoms with Gasteiger partial charge in [-0.05, 0) is 20.8 Å². The second-order valence-corrected chi connectivity index (χ2v) is 7.40. The van der Waals surface area contributed by atoms with Gasteiger partial charge in [0.15, 0.2) is 7.29 Å². The summed E-state index contributed by atoms with van der Waals surface area (Å²) in [6.45, 7) is 5.79. The monoisotopic (exact) mass is 217 g/mol. The van der Waals surface area contributed by atoms with Gasteiger partial charge >= 0.3 is 0 Å². The van der Waals surface area contributed by atoms with Gasteiger partial charge in [0.1, 0.15) is 0 Å². The number of hydrogen-bond donors (Lipinski definition) is 1. The highest BCUT2D eigenvalue weighted by molar-refractivity contribution is 7.65. The Kier molecular flexibility index (Phi) is 4.42. The van der Waals surface area contributed by atoms with Gasteiger partial charge in [0.2, 0.25) is 0 Å². The quantitative estimate of drug-likeness (QED) is 0.582. The van der Waals surface area contributed by atoms with Crippen LogP contribution in [0.2, 0.25) is 0 Å². The molecule has 0 saturated carbocycles. The number of hydrogen-bond acceptors (Lipinski definition) is 1. The third kappa shape index (κ3) is 5.08. The van der Waals surface area contributed by atoms with Gasteiger partial charge in [-0.25, -0.2) is 0 Å². The van der Waals surface area contributed by atoms with E-state index in [9.17, 15) is 4.57 Å². The zero-order chi connectivity index (χ0) is 9.12. The van der Waals surface area contributed by atoms with Crippen LogP contribution in [0.1, 0.15) is 20.8 Å². The molecule has 0 aromatic rings.